The zero-order chi connectivity index (χ0) is 20.2. The van der Waals surface area contributed by atoms with Gasteiger partial charge in [-0.3, -0.25) is 9.59 Å². The standard InChI is InChI=1S/C20H18N4O3S2/c1-27-16-8-4-3-7-15(16)24-11-13(10-18(24)25)19(26)22-14-6-2-5-9-17(14)29-20-23-21-12-28-20/h2-9,12-13H,10-11H2,1H3,(H,22,26). The third-order valence-corrected chi connectivity index (χ3v) is 6.41. The topological polar surface area (TPSA) is 84.4 Å². The van der Waals surface area contributed by atoms with Gasteiger partial charge in [0, 0.05) is 17.9 Å². The smallest absolute Gasteiger partial charge is 0.229 e. The van der Waals surface area contributed by atoms with Gasteiger partial charge in [0.05, 0.1) is 24.4 Å². The molecule has 2 amide bonds. The molecule has 2 heterocycles. The quantitative estimate of drug-likeness (QED) is 0.647. The number of amides is 2. The Morgan fingerprint density at radius 1 is 1.24 bits per heavy atom. The van der Waals surface area contributed by atoms with Crippen molar-refractivity contribution in [2.45, 2.75) is 15.7 Å². The van der Waals surface area contributed by atoms with Crippen LogP contribution in [0.2, 0.25) is 0 Å². The van der Waals surface area contributed by atoms with Crippen LogP contribution in [0.15, 0.2) is 63.3 Å². The number of aromatic nitrogens is 2. The molecule has 9 heteroatoms. The minimum absolute atomic E-state index is 0.0915. The van der Waals surface area contributed by atoms with Gasteiger partial charge in [-0.15, -0.1) is 10.2 Å². The molecule has 1 N–H and O–H groups in total. The van der Waals surface area contributed by atoms with E-state index in [-0.39, 0.29) is 18.2 Å². The number of methoxy groups -OCH3 is 1. The molecule has 148 valence electrons. The van der Waals surface area contributed by atoms with Crippen LogP contribution in [0, 0.1) is 5.92 Å². The molecule has 1 aromatic heterocycles. The first-order chi connectivity index (χ1) is 14.2. The van der Waals surface area contributed by atoms with E-state index >= 15 is 0 Å². The average Bonchev–Trinajstić information content (AvgIpc) is 3.39. The second kappa shape index (κ2) is 8.62. The monoisotopic (exact) mass is 426 g/mol. The maximum absolute atomic E-state index is 12.9. The lowest BCUT2D eigenvalue weighted by Gasteiger charge is -2.19. The lowest BCUT2D eigenvalue weighted by molar-refractivity contribution is -0.122. The van der Waals surface area contributed by atoms with E-state index in [1.54, 1.807) is 23.6 Å². The maximum Gasteiger partial charge on any atom is 0.229 e. The number of nitrogens with one attached hydrogen (secondary N) is 1. The van der Waals surface area contributed by atoms with Crippen LogP contribution in [0.1, 0.15) is 6.42 Å². The molecule has 0 aliphatic carbocycles. The Labute approximate surface area is 176 Å². The maximum atomic E-state index is 12.9. The van der Waals surface area contributed by atoms with E-state index in [9.17, 15) is 9.59 Å². The highest BCUT2D eigenvalue weighted by Crippen LogP contribution is 2.36. The Balaban J connectivity index is 1.48. The molecule has 1 atom stereocenters. The van der Waals surface area contributed by atoms with Crippen LogP contribution in [-0.4, -0.2) is 35.7 Å². The molecule has 29 heavy (non-hydrogen) atoms. The van der Waals surface area contributed by atoms with E-state index in [0.717, 1.165) is 9.24 Å². The van der Waals surface area contributed by atoms with Crippen molar-refractivity contribution in [2.24, 2.45) is 5.92 Å². The Bertz CT molecular complexity index is 1030. The summed E-state index contributed by atoms with van der Waals surface area (Å²) >= 11 is 2.88. The molecule has 1 fully saturated rings. The summed E-state index contributed by atoms with van der Waals surface area (Å²) in [5.41, 5.74) is 3.04. The number of nitrogens with zero attached hydrogens (tertiary/aromatic N) is 3. The fourth-order valence-electron chi connectivity index (χ4n) is 3.16. The van der Waals surface area contributed by atoms with E-state index in [2.05, 4.69) is 15.5 Å². The van der Waals surface area contributed by atoms with E-state index < -0.39 is 5.92 Å². The summed E-state index contributed by atoms with van der Waals surface area (Å²) in [6.45, 7) is 0.316. The Morgan fingerprint density at radius 2 is 2.03 bits per heavy atom. The molecule has 0 saturated carbocycles. The molecule has 1 aliphatic rings. The molecule has 0 radical (unpaired) electrons. The average molecular weight is 427 g/mol. The molecule has 1 unspecified atom stereocenters. The van der Waals surface area contributed by atoms with Gasteiger partial charge >= 0.3 is 0 Å². The van der Waals surface area contributed by atoms with E-state index in [1.165, 1.54) is 23.1 Å². The van der Waals surface area contributed by atoms with Gasteiger partial charge in [0.2, 0.25) is 11.8 Å². The lowest BCUT2D eigenvalue weighted by atomic mass is 10.1. The second-order valence-electron chi connectivity index (χ2n) is 6.37. The molecule has 0 spiro atoms. The Hall–Kier alpha value is -2.91. The predicted octanol–water partition coefficient (Wildman–Crippen LogP) is 3.69. The van der Waals surface area contributed by atoms with Gasteiger partial charge in [-0.25, -0.2) is 0 Å². The normalized spacial score (nSPS) is 16.1. The highest BCUT2D eigenvalue weighted by Gasteiger charge is 2.36. The number of carbonyl (C=O) groups is 2. The summed E-state index contributed by atoms with van der Waals surface area (Å²) in [6.07, 6.45) is 0.162. The van der Waals surface area contributed by atoms with Gasteiger partial charge in [0.25, 0.3) is 0 Å². The first-order valence-electron chi connectivity index (χ1n) is 8.93. The third kappa shape index (κ3) is 4.25. The summed E-state index contributed by atoms with van der Waals surface area (Å²) in [5, 5.41) is 10.8. The van der Waals surface area contributed by atoms with Crippen LogP contribution >= 0.6 is 23.1 Å². The van der Waals surface area contributed by atoms with Crippen LogP contribution in [0.4, 0.5) is 11.4 Å². The largest absolute Gasteiger partial charge is 0.495 e. The van der Waals surface area contributed by atoms with Crippen LogP contribution < -0.4 is 15.0 Å². The van der Waals surface area contributed by atoms with Crippen molar-refractivity contribution in [2.75, 3.05) is 23.9 Å². The fourth-order valence-corrected chi connectivity index (χ4v) is 4.69. The van der Waals surface area contributed by atoms with Crippen molar-refractivity contribution in [1.29, 1.82) is 0 Å². The highest BCUT2D eigenvalue weighted by atomic mass is 32.2. The molecule has 0 bridgehead atoms. The summed E-state index contributed by atoms with van der Waals surface area (Å²) < 4.78 is 6.15. The molecule has 3 aromatic rings. The van der Waals surface area contributed by atoms with Crippen LogP contribution in [0.25, 0.3) is 0 Å². The van der Waals surface area contributed by atoms with E-state index in [1.807, 2.05) is 42.5 Å². The van der Waals surface area contributed by atoms with Crippen molar-refractivity contribution < 1.29 is 14.3 Å². The fraction of sp³-hybridized carbons (Fsp3) is 0.200. The Morgan fingerprint density at radius 3 is 2.83 bits per heavy atom. The zero-order valence-corrected chi connectivity index (χ0v) is 17.2. The third-order valence-electron chi connectivity index (χ3n) is 4.55. The van der Waals surface area contributed by atoms with E-state index in [4.69, 9.17) is 4.74 Å². The molecular formula is C20H18N4O3S2. The highest BCUT2D eigenvalue weighted by molar-refractivity contribution is 8.01. The number of hydrogen-bond donors (Lipinski definition) is 1. The van der Waals surface area contributed by atoms with Gasteiger partial charge in [-0.2, -0.15) is 0 Å². The summed E-state index contributed by atoms with van der Waals surface area (Å²) in [4.78, 5) is 27.9. The second-order valence-corrected chi connectivity index (χ2v) is 8.49. The predicted molar refractivity (Wildman–Crippen MR) is 113 cm³/mol. The number of benzene rings is 2. The minimum Gasteiger partial charge on any atom is -0.495 e. The van der Waals surface area contributed by atoms with Crippen LogP contribution in [0.5, 0.6) is 5.75 Å². The number of rotatable bonds is 6. The van der Waals surface area contributed by atoms with Gasteiger partial charge in [0.15, 0.2) is 4.34 Å². The first-order valence-corrected chi connectivity index (χ1v) is 10.6. The first kappa shape index (κ1) is 19.4. The van der Waals surface area contributed by atoms with Crippen molar-refractivity contribution in [3.63, 3.8) is 0 Å². The van der Waals surface area contributed by atoms with Gasteiger partial charge in [-0.05, 0) is 24.3 Å². The summed E-state index contributed by atoms with van der Waals surface area (Å²) in [7, 11) is 1.57. The summed E-state index contributed by atoms with van der Waals surface area (Å²) in [5.74, 6) is -0.0973. The molecule has 1 saturated heterocycles. The molecule has 4 rings (SSSR count). The lowest BCUT2D eigenvalue weighted by Crippen LogP contribution is -2.28. The number of carbonyl (C=O) groups excluding carboxylic acids is 2. The van der Waals surface area contributed by atoms with Gasteiger partial charge in [0.1, 0.15) is 11.3 Å². The summed E-state index contributed by atoms with van der Waals surface area (Å²) in [6, 6.07) is 14.8. The molecule has 1 aliphatic heterocycles. The molecule has 7 nitrogen and oxygen atoms in total. The van der Waals surface area contributed by atoms with Crippen LogP contribution in [-0.2, 0) is 9.59 Å². The van der Waals surface area contributed by atoms with Gasteiger partial charge in [-0.1, -0.05) is 47.4 Å². The van der Waals surface area contributed by atoms with E-state index in [0.29, 0.717) is 23.7 Å². The van der Waals surface area contributed by atoms with Crippen molar-refractivity contribution in [3.8, 4) is 5.75 Å². The number of ether oxygens (including phenoxy) is 1. The van der Waals surface area contributed by atoms with Crippen molar-refractivity contribution in [3.05, 3.63) is 54.0 Å². The molecular weight excluding hydrogens is 408 g/mol. The van der Waals surface area contributed by atoms with Crippen molar-refractivity contribution >= 4 is 46.3 Å². The minimum atomic E-state index is -0.438. The van der Waals surface area contributed by atoms with Crippen LogP contribution in [0.3, 0.4) is 0 Å². The van der Waals surface area contributed by atoms with Crippen molar-refractivity contribution in [1.82, 2.24) is 10.2 Å². The zero-order valence-electron chi connectivity index (χ0n) is 15.6. The number of anilines is 2. The SMILES string of the molecule is COc1ccccc1N1CC(C(=O)Nc2ccccc2Sc2nncs2)CC1=O. The molecule has 2 aromatic carbocycles. The number of para-hydroxylation sites is 3. The Kier molecular flexibility index (Phi) is 5.77. The number of hydrogen-bond acceptors (Lipinski definition) is 7. The van der Waals surface area contributed by atoms with Gasteiger partial charge < -0.3 is 15.0 Å².